The van der Waals surface area contributed by atoms with Gasteiger partial charge in [0, 0.05) is 31.6 Å². The molecule has 3 rings (SSSR count). The van der Waals surface area contributed by atoms with Gasteiger partial charge >= 0.3 is 6.09 Å². The van der Waals surface area contributed by atoms with Gasteiger partial charge in [-0.25, -0.2) is 9.78 Å². The van der Waals surface area contributed by atoms with E-state index in [0.717, 1.165) is 25.1 Å². The van der Waals surface area contributed by atoms with Crippen LogP contribution >= 0.6 is 0 Å². The number of nitrogens with zero attached hydrogens (tertiary/aromatic N) is 3. The van der Waals surface area contributed by atoms with E-state index in [4.69, 9.17) is 9.72 Å². The normalized spacial score (nSPS) is 23.8. The van der Waals surface area contributed by atoms with E-state index < -0.39 is 5.54 Å². The highest BCUT2D eigenvalue weighted by Gasteiger charge is 2.42. The van der Waals surface area contributed by atoms with Crippen LogP contribution in [-0.4, -0.2) is 47.1 Å². The fraction of sp³-hybridized carbons (Fsp3) is 0.588. The standard InChI is InChI=1S/C17H23N3O3/c1-12(21)19-9-5-6-13(10-19)14-7-4-8-15(18-14)20-16(22)23-11-17(20,2)3/h4,7-8,13H,5-6,9-11H2,1-3H3. The lowest BCUT2D eigenvalue weighted by Gasteiger charge is -2.32. The van der Waals surface area contributed by atoms with Crippen LogP contribution in [0.4, 0.5) is 10.6 Å². The first kappa shape index (κ1) is 15.8. The number of likely N-dealkylation sites (tertiary alicyclic amines) is 1. The fourth-order valence-electron chi connectivity index (χ4n) is 3.31. The predicted octanol–water partition coefficient (Wildman–Crippen LogP) is 2.54. The molecule has 6 heteroatoms. The fourth-order valence-corrected chi connectivity index (χ4v) is 3.31. The maximum absolute atomic E-state index is 12.0. The van der Waals surface area contributed by atoms with Gasteiger partial charge in [-0.15, -0.1) is 0 Å². The molecule has 1 atom stereocenters. The van der Waals surface area contributed by atoms with Crippen molar-refractivity contribution in [2.75, 3.05) is 24.6 Å². The van der Waals surface area contributed by atoms with Crippen molar-refractivity contribution in [3.05, 3.63) is 23.9 Å². The third-order valence-electron chi connectivity index (χ3n) is 4.61. The summed E-state index contributed by atoms with van der Waals surface area (Å²) < 4.78 is 5.16. The second kappa shape index (κ2) is 5.83. The van der Waals surface area contributed by atoms with Crippen LogP contribution in [0.1, 0.15) is 45.2 Å². The Hall–Kier alpha value is -2.11. The highest BCUT2D eigenvalue weighted by atomic mass is 16.6. The number of ether oxygens (including phenoxy) is 1. The molecule has 2 amide bonds. The van der Waals surface area contributed by atoms with E-state index in [1.54, 1.807) is 11.8 Å². The Kier molecular flexibility index (Phi) is 4.00. The highest BCUT2D eigenvalue weighted by Crippen LogP contribution is 2.31. The maximum atomic E-state index is 12.0. The molecule has 6 nitrogen and oxygen atoms in total. The molecule has 0 saturated carbocycles. The number of hydrogen-bond acceptors (Lipinski definition) is 4. The molecular weight excluding hydrogens is 294 g/mol. The number of carbonyl (C=O) groups is 2. The molecule has 2 aliphatic heterocycles. The Balaban J connectivity index is 1.85. The van der Waals surface area contributed by atoms with Crippen molar-refractivity contribution >= 4 is 17.8 Å². The summed E-state index contributed by atoms with van der Waals surface area (Å²) in [5.74, 6) is 0.944. The van der Waals surface area contributed by atoms with E-state index in [0.29, 0.717) is 19.0 Å². The van der Waals surface area contributed by atoms with Crippen molar-refractivity contribution in [2.45, 2.75) is 45.1 Å². The number of cyclic esters (lactones) is 1. The molecular formula is C17H23N3O3. The average molecular weight is 317 g/mol. The summed E-state index contributed by atoms with van der Waals surface area (Å²) in [6.07, 6.45) is 1.63. The number of anilines is 1. The molecule has 0 aromatic carbocycles. The topological polar surface area (TPSA) is 62.7 Å². The number of rotatable bonds is 2. The second-order valence-electron chi connectivity index (χ2n) is 6.93. The highest BCUT2D eigenvalue weighted by molar-refractivity contribution is 5.90. The number of aromatic nitrogens is 1. The third kappa shape index (κ3) is 3.02. The Morgan fingerprint density at radius 3 is 2.83 bits per heavy atom. The van der Waals surface area contributed by atoms with Crippen LogP contribution in [-0.2, 0) is 9.53 Å². The summed E-state index contributed by atoms with van der Waals surface area (Å²) in [7, 11) is 0. The molecule has 1 aromatic heterocycles. The minimum Gasteiger partial charge on any atom is -0.447 e. The first-order valence-corrected chi connectivity index (χ1v) is 8.08. The van der Waals surface area contributed by atoms with Crippen molar-refractivity contribution in [1.82, 2.24) is 9.88 Å². The Labute approximate surface area is 136 Å². The lowest BCUT2D eigenvalue weighted by Crippen LogP contribution is -2.43. The summed E-state index contributed by atoms with van der Waals surface area (Å²) in [5.41, 5.74) is 0.532. The molecule has 1 aromatic rings. The lowest BCUT2D eigenvalue weighted by molar-refractivity contribution is -0.130. The molecule has 3 heterocycles. The third-order valence-corrected chi connectivity index (χ3v) is 4.61. The zero-order valence-electron chi connectivity index (χ0n) is 13.9. The molecule has 124 valence electrons. The van der Waals surface area contributed by atoms with E-state index in [9.17, 15) is 9.59 Å². The quantitative estimate of drug-likeness (QED) is 0.841. The largest absolute Gasteiger partial charge is 0.447 e. The molecule has 1 unspecified atom stereocenters. The van der Waals surface area contributed by atoms with Gasteiger partial charge in [-0.2, -0.15) is 0 Å². The Morgan fingerprint density at radius 1 is 1.39 bits per heavy atom. The second-order valence-corrected chi connectivity index (χ2v) is 6.93. The van der Waals surface area contributed by atoms with Crippen molar-refractivity contribution in [3.8, 4) is 0 Å². The Morgan fingerprint density at radius 2 is 2.17 bits per heavy atom. The van der Waals surface area contributed by atoms with Crippen LogP contribution in [0.3, 0.4) is 0 Å². The van der Waals surface area contributed by atoms with Gasteiger partial charge in [0.2, 0.25) is 5.91 Å². The zero-order chi connectivity index (χ0) is 16.6. The average Bonchev–Trinajstić information content (AvgIpc) is 2.81. The summed E-state index contributed by atoms with van der Waals surface area (Å²) in [4.78, 5) is 31.8. The van der Waals surface area contributed by atoms with Gasteiger partial charge in [-0.05, 0) is 38.8 Å². The van der Waals surface area contributed by atoms with Gasteiger partial charge in [0.25, 0.3) is 0 Å². The monoisotopic (exact) mass is 317 g/mol. The first-order valence-electron chi connectivity index (χ1n) is 8.08. The molecule has 2 fully saturated rings. The van der Waals surface area contributed by atoms with E-state index >= 15 is 0 Å². The van der Waals surface area contributed by atoms with E-state index in [1.807, 2.05) is 36.9 Å². The van der Waals surface area contributed by atoms with Gasteiger partial charge < -0.3 is 9.64 Å². The summed E-state index contributed by atoms with van der Waals surface area (Å²) in [6, 6.07) is 5.74. The van der Waals surface area contributed by atoms with Crippen LogP contribution in [0.15, 0.2) is 18.2 Å². The van der Waals surface area contributed by atoms with Crippen LogP contribution < -0.4 is 4.90 Å². The molecule has 2 aliphatic rings. The van der Waals surface area contributed by atoms with Gasteiger partial charge in [0.15, 0.2) is 0 Å². The number of piperidine rings is 1. The lowest BCUT2D eigenvalue weighted by atomic mass is 9.94. The molecule has 0 radical (unpaired) electrons. The predicted molar refractivity (Wildman–Crippen MR) is 86.4 cm³/mol. The number of hydrogen-bond donors (Lipinski definition) is 0. The van der Waals surface area contributed by atoms with Crippen molar-refractivity contribution in [3.63, 3.8) is 0 Å². The Bertz CT molecular complexity index is 629. The molecule has 23 heavy (non-hydrogen) atoms. The molecule has 2 saturated heterocycles. The molecule has 0 aliphatic carbocycles. The van der Waals surface area contributed by atoms with Gasteiger partial charge in [0.05, 0.1) is 5.54 Å². The van der Waals surface area contributed by atoms with Crippen molar-refractivity contribution in [1.29, 1.82) is 0 Å². The SMILES string of the molecule is CC(=O)N1CCCC(c2cccc(N3C(=O)OCC3(C)C)n2)C1. The minimum absolute atomic E-state index is 0.107. The van der Waals surface area contributed by atoms with Gasteiger partial charge in [0.1, 0.15) is 12.4 Å². The number of pyridine rings is 1. The van der Waals surface area contributed by atoms with Gasteiger partial charge in [-0.3, -0.25) is 9.69 Å². The molecule has 0 N–H and O–H groups in total. The summed E-state index contributed by atoms with van der Waals surface area (Å²) in [5, 5.41) is 0. The number of amides is 2. The zero-order valence-corrected chi connectivity index (χ0v) is 13.9. The molecule has 0 bridgehead atoms. The van der Waals surface area contributed by atoms with Crippen LogP contribution in [0.2, 0.25) is 0 Å². The summed E-state index contributed by atoms with van der Waals surface area (Å²) >= 11 is 0. The smallest absolute Gasteiger partial charge is 0.416 e. The van der Waals surface area contributed by atoms with Crippen molar-refractivity contribution < 1.29 is 14.3 Å². The minimum atomic E-state index is -0.402. The van der Waals surface area contributed by atoms with Gasteiger partial charge in [-0.1, -0.05) is 6.07 Å². The molecule has 0 spiro atoms. The van der Waals surface area contributed by atoms with Crippen LogP contribution in [0.25, 0.3) is 0 Å². The van der Waals surface area contributed by atoms with Crippen molar-refractivity contribution in [2.24, 2.45) is 0 Å². The maximum Gasteiger partial charge on any atom is 0.416 e. The summed E-state index contributed by atoms with van der Waals surface area (Å²) in [6.45, 7) is 7.40. The first-order chi connectivity index (χ1) is 10.9. The number of carbonyl (C=O) groups excluding carboxylic acids is 2. The van der Waals surface area contributed by atoms with E-state index in [1.165, 1.54) is 0 Å². The van der Waals surface area contributed by atoms with E-state index in [-0.39, 0.29) is 17.9 Å². The van der Waals surface area contributed by atoms with Crippen LogP contribution in [0.5, 0.6) is 0 Å². The van der Waals surface area contributed by atoms with E-state index in [2.05, 4.69) is 0 Å². The van der Waals surface area contributed by atoms with Crippen LogP contribution in [0, 0.1) is 0 Å².